The van der Waals surface area contributed by atoms with E-state index in [1.165, 1.54) is 161 Å². The summed E-state index contributed by atoms with van der Waals surface area (Å²) >= 11 is 0. The van der Waals surface area contributed by atoms with Crippen LogP contribution >= 0.6 is 0 Å². The molecular weight excluding hydrogens is 719 g/mol. The van der Waals surface area contributed by atoms with Gasteiger partial charge in [0, 0.05) is 12.8 Å². The van der Waals surface area contributed by atoms with Gasteiger partial charge >= 0.3 is 5.97 Å². The van der Waals surface area contributed by atoms with Crippen LogP contribution < -0.4 is 5.32 Å². The van der Waals surface area contributed by atoms with Crippen LogP contribution in [-0.2, 0) is 14.3 Å². The predicted octanol–water partition coefficient (Wildman–Crippen LogP) is 14.9. The lowest BCUT2D eigenvalue weighted by Crippen LogP contribution is -2.45. The fourth-order valence-corrected chi connectivity index (χ4v) is 7.44. The average molecular weight is 816 g/mol. The molecule has 6 nitrogen and oxygen atoms in total. The fourth-order valence-electron chi connectivity index (χ4n) is 7.44. The van der Waals surface area contributed by atoms with Crippen molar-refractivity contribution < 1.29 is 24.5 Å². The normalized spacial score (nSPS) is 13.0. The highest BCUT2D eigenvalue weighted by molar-refractivity contribution is 5.76. The lowest BCUT2D eigenvalue weighted by atomic mass is 10.0. The fraction of sp³-hybridized carbons (Fsp3) is 0.846. The molecule has 0 aromatic rings. The number of ether oxygens (including phenoxy) is 1. The highest BCUT2D eigenvalue weighted by Gasteiger charge is 2.18. The van der Waals surface area contributed by atoms with Gasteiger partial charge in [-0.15, -0.1) is 0 Å². The van der Waals surface area contributed by atoms with Crippen LogP contribution in [0.15, 0.2) is 36.5 Å². The number of carbonyl (C=O) groups is 2. The molecule has 0 fully saturated rings. The molecule has 0 heterocycles. The Labute approximate surface area is 360 Å². The number of aliphatic hydroxyl groups is 2. The van der Waals surface area contributed by atoms with Gasteiger partial charge in [0.15, 0.2) is 0 Å². The van der Waals surface area contributed by atoms with Gasteiger partial charge in [0.25, 0.3) is 0 Å². The summed E-state index contributed by atoms with van der Waals surface area (Å²) in [5.74, 6) is -0.106. The summed E-state index contributed by atoms with van der Waals surface area (Å²) in [5.41, 5.74) is 0. The first-order valence-electron chi connectivity index (χ1n) is 25.3. The van der Waals surface area contributed by atoms with Gasteiger partial charge in [0.05, 0.1) is 25.4 Å². The smallest absolute Gasteiger partial charge is 0.305 e. The summed E-state index contributed by atoms with van der Waals surface area (Å²) in [4.78, 5) is 24.4. The second-order valence-electron chi connectivity index (χ2n) is 17.1. The monoisotopic (exact) mass is 816 g/mol. The van der Waals surface area contributed by atoms with Gasteiger partial charge in [-0.3, -0.25) is 9.59 Å². The molecule has 0 aromatic heterocycles. The molecule has 0 saturated heterocycles. The summed E-state index contributed by atoms with van der Waals surface area (Å²) in [5, 5.41) is 23.0. The van der Waals surface area contributed by atoms with Crippen molar-refractivity contribution >= 4 is 11.9 Å². The first-order chi connectivity index (χ1) is 28.5. The first kappa shape index (κ1) is 56.1. The standard InChI is InChI=1S/C52H97NO5/c1-3-5-7-9-11-13-15-17-21-24-28-32-36-40-44-50(55)49(48-54)53-51(56)45-41-37-33-29-25-22-19-18-20-23-27-31-35-39-43-47-58-52(57)46-42-38-34-30-26-16-14-12-10-8-6-4-2/h12,14,20,23,40,44,49-50,54-55H,3-11,13,15-19,21-22,24-39,41-43,45-48H2,1-2H3,(H,53,56)/b14-12-,23-20-,44-40+. The third-order valence-electron chi connectivity index (χ3n) is 11.4. The zero-order valence-electron chi connectivity index (χ0n) is 38.5. The van der Waals surface area contributed by atoms with E-state index in [9.17, 15) is 19.8 Å². The molecule has 340 valence electrons. The molecular formula is C52H97NO5. The number of allylic oxidation sites excluding steroid dienone is 5. The predicted molar refractivity (Wildman–Crippen MR) is 250 cm³/mol. The zero-order chi connectivity index (χ0) is 42.3. The number of hydrogen-bond donors (Lipinski definition) is 3. The van der Waals surface area contributed by atoms with E-state index in [-0.39, 0.29) is 18.5 Å². The maximum Gasteiger partial charge on any atom is 0.305 e. The zero-order valence-corrected chi connectivity index (χ0v) is 38.5. The minimum Gasteiger partial charge on any atom is -0.466 e. The summed E-state index contributed by atoms with van der Waals surface area (Å²) in [6.45, 7) is 4.83. The summed E-state index contributed by atoms with van der Waals surface area (Å²) in [7, 11) is 0. The topological polar surface area (TPSA) is 95.9 Å². The molecule has 0 radical (unpaired) electrons. The Hall–Kier alpha value is -1.92. The van der Waals surface area contributed by atoms with E-state index in [0.29, 0.717) is 19.4 Å². The Balaban J connectivity index is 3.53. The van der Waals surface area contributed by atoms with E-state index in [4.69, 9.17) is 4.74 Å². The molecule has 0 aromatic carbocycles. The minimum absolute atomic E-state index is 0.0221. The molecule has 0 rings (SSSR count). The Morgan fingerprint density at radius 2 is 0.810 bits per heavy atom. The van der Waals surface area contributed by atoms with Crippen LogP contribution in [0.3, 0.4) is 0 Å². The molecule has 0 aliphatic carbocycles. The van der Waals surface area contributed by atoms with Gasteiger partial charge in [-0.1, -0.05) is 198 Å². The second kappa shape index (κ2) is 47.8. The molecule has 1 amide bonds. The Bertz CT molecular complexity index is 946. The van der Waals surface area contributed by atoms with Gasteiger partial charge < -0.3 is 20.3 Å². The van der Waals surface area contributed by atoms with E-state index in [1.54, 1.807) is 6.08 Å². The van der Waals surface area contributed by atoms with Gasteiger partial charge in [-0.05, 0) is 83.5 Å². The molecule has 0 aliphatic rings. The number of esters is 1. The third kappa shape index (κ3) is 43.7. The van der Waals surface area contributed by atoms with Crippen LogP contribution in [0.1, 0.15) is 258 Å². The molecule has 3 N–H and O–H groups in total. The summed E-state index contributed by atoms with van der Waals surface area (Å²) < 4.78 is 5.43. The number of nitrogens with one attached hydrogen (secondary N) is 1. The van der Waals surface area contributed by atoms with Crippen molar-refractivity contribution in [2.24, 2.45) is 0 Å². The van der Waals surface area contributed by atoms with E-state index in [0.717, 1.165) is 70.6 Å². The Kier molecular flexibility index (Phi) is 46.2. The highest BCUT2D eigenvalue weighted by atomic mass is 16.5. The van der Waals surface area contributed by atoms with Crippen molar-refractivity contribution in [2.45, 2.75) is 270 Å². The molecule has 0 bridgehead atoms. The SMILES string of the molecule is CCCCC/C=C\CCCCCCCC(=O)OCCCCCC/C=C\CCCCCCCCCC(=O)NC(CO)C(O)/C=C/CCCCCCCCCCCCCC. The van der Waals surface area contributed by atoms with Gasteiger partial charge in [0.1, 0.15) is 0 Å². The van der Waals surface area contributed by atoms with E-state index >= 15 is 0 Å². The van der Waals surface area contributed by atoms with Crippen molar-refractivity contribution in [3.63, 3.8) is 0 Å². The Morgan fingerprint density at radius 1 is 0.466 bits per heavy atom. The quantitative estimate of drug-likeness (QED) is 0.0323. The number of amides is 1. The van der Waals surface area contributed by atoms with Crippen LogP contribution in [0.5, 0.6) is 0 Å². The van der Waals surface area contributed by atoms with Crippen molar-refractivity contribution in [1.82, 2.24) is 5.32 Å². The van der Waals surface area contributed by atoms with Crippen LogP contribution in [-0.4, -0.2) is 47.4 Å². The number of hydrogen-bond acceptors (Lipinski definition) is 5. The van der Waals surface area contributed by atoms with Gasteiger partial charge in [-0.25, -0.2) is 0 Å². The molecule has 6 heteroatoms. The van der Waals surface area contributed by atoms with Crippen molar-refractivity contribution in [3.05, 3.63) is 36.5 Å². The molecule has 58 heavy (non-hydrogen) atoms. The molecule has 0 spiro atoms. The highest BCUT2D eigenvalue weighted by Crippen LogP contribution is 2.15. The maximum atomic E-state index is 12.4. The molecule has 2 atom stereocenters. The van der Waals surface area contributed by atoms with Crippen LogP contribution in [0.2, 0.25) is 0 Å². The van der Waals surface area contributed by atoms with E-state index in [1.807, 2.05) is 6.08 Å². The van der Waals surface area contributed by atoms with Crippen molar-refractivity contribution in [2.75, 3.05) is 13.2 Å². The Morgan fingerprint density at radius 3 is 1.26 bits per heavy atom. The summed E-state index contributed by atoms with van der Waals surface area (Å²) in [6.07, 6.45) is 57.1. The number of aliphatic hydroxyl groups excluding tert-OH is 2. The van der Waals surface area contributed by atoms with Gasteiger partial charge in [0.2, 0.25) is 5.91 Å². The number of unbranched alkanes of at least 4 members (excludes halogenated alkanes) is 31. The van der Waals surface area contributed by atoms with Crippen LogP contribution in [0, 0.1) is 0 Å². The van der Waals surface area contributed by atoms with Gasteiger partial charge in [-0.2, -0.15) is 0 Å². The number of carbonyl (C=O) groups excluding carboxylic acids is 2. The lowest BCUT2D eigenvalue weighted by molar-refractivity contribution is -0.143. The maximum absolute atomic E-state index is 12.4. The van der Waals surface area contributed by atoms with E-state index < -0.39 is 12.1 Å². The third-order valence-corrected chi connectivity index (χ3v) is 11.4. The second-order valence-corrected chi connectivity index (χ2v) is 17.1. The molecule has 2 unspecified atom stereocenters. The van der Waals surface area contributed by atoms with Crippen LogP contribution in [0.25, 0.3) is 0 Å². The minimum atomic E-state index is -0.854. The van der Waals surface area contributed by atoms with E-state index in [2.05, 4.69) is 43.5 Å². The number of rotatable bonds is 46. The largest absolute Gasteiger partial charge is 0.466 e. The first-order valence-corrected chi connectivity index (χ1v) is 25.3. The summed E-state index contributed by atoms with van der Waals surface area (Å²) in [6, 6.07) is -0.639. The molecule has 0 aliphatic heterocycles. The van der Waals surface area contributed by atoms with Crippen molar-refractivity contribution in [1.29, 1.82) is 0 Å². The van der Waals surface area contributed by atoms with Crippen LogP contribution in [0.4, 0.5) is 0 Å². The lowest BCUT2D eigenvalue weighted by Gasteiger charge is -2.20. The molecule has 0 saturated carbocycles. The average Bonchev–Trinajstić information content (AvgIpc) is 3.22. The van der Waals surface area contributed by atoms with Crippen molar-refractivity contribution in [3.8, 4) is 0 Å².